The van der Waals surface area contributed by atoms with Gasteiger partial charge in [0.25, 0.3) is 0 Å². The minimum absolute atomic E-state index is 0.212. The fraction of sp³-hybridized carbons (Fsp3) is 0.333. The number of amides is 1. The number of hydrogen-bond acceptors (Lipinski definition) is 7. The molecule has 104 valence electrons. The predicted molar refractivity (Wildman–Crippen MR) is 65.1 cm³/mol. The highest BCUT2D eigenvalue weighted by Crippen LogP contribution is 2.31. The third-order valence-electron chi connectivity index (χ3n) is 2.30. The normalized spacial score (nSPS) is 13.8. The highest BCUT2D eigenvalue weighted by molar-refractivity contribution is 6.30. The van der Waals surface area contributed by atoms with Gasteiger partial charge in [-0.2, -0.15) is 0 Å². The summed E-state index contributed by atoms with van der Waals surface area (Å²) in [5.74, 6) is -1.27. The maximum atomic E-state index is 10.7. The zero-order chi connectivity index (χ0) is 14.7. The van der Waals surface area contributed by atoms with Crippen molar-refractivity contribution >= 4 is 29.0 Å². The molecule has 1 amide bonds. The van der Waals surface area contributed by atoms with Crippen LogP contribution in [0.25, 0.3) is 0 Å². The standard InChI is InChI=1S/C9H11ClN4O5/c10-8-3(7(17)5(15)2-6(11)16)1-4(14(18)19)9(12)13-8/h1,5,7,15,17H,2H2,(H2,11,16)(H2,12,13). The Kier molecular flexibility index (Phi) is 4.59. The van der Waals surface area contributed by atoms with E-state index in [0.717, 1.165) is 6.07 Å². The van der Waals surface area contributed by atoms with E-state index in [0.29, 0.717) is 0 Å². The van der Waals surface area contributed by atoms with Gasteiger partial charge in [0, 0.05) is 11.6 Å². The van der Waals surface area contributed by atoms with Gasteiger partial charge < -0.3 is 21.7 Å². The maximum Gasteiger partial charge on any atom is 0.311 e. The SMILES string of the molecule is NC(=O)CC(O)C(O)c1cc([N+](=O)[O-])c(N)nc1Cl. The molecule has 1 aromatic heterocycles. The molecule has 1 rings (SSSR count). The van der Waals surface area contributed by atoms with Crippen LogP contribution in [-0.2, 0) is 4.79 Å². The Labute approximate surface area is 111 Å². The number of anilines is 1. The van der Waals surface area contributed by atoms with E-state index in [4.69, 9.17) is 23.1 Å². The van der Waals surface area contributed by atoms with E-state index in [1.165, 1.54) is 0 Å². The van der Waals surface area contributed by atoms with E-state index >= 15 is 0 Å². The summed E-state index contributed by atoms with van der Waals surface area (Å²) in [6.45, 7) is 0. The number of nitro groups is 1. The van der Waals surface area contributed by atoms with Crippen LogP contribution in [0.5, 0.6) is 0 Å². The van der Waals surface area contributed by atoms with Crippen molar-refractivity contribution in [3.63, 3.8) is 0 Å². The number of carbonyl (C=O) groups excluding carboxylic acids is 1. The minimum atomic E-state index is -1.65. The number of nitrogens with two attached hydrogens (primary N) is 2. The number of aliphatic hydroxyl groups is 2. The smallest absolute Gasteiger partial charge is 0.311 e. The first-order chi connectivity index (χ1) is 8.73. The minimum Gasteiger partial charge on any atom is -0.390 e. The van der Waals surface area contributed by atoms with Crippen LogP contribution in [0.4, 0.5) is 11.5 Å². The first-order valence-electron chi connectivity index (χ1n) is 4.98. The molecule has 2 unspecified atom stereocenters. The number of carbonyl (C=O) groups is 1. The number of aromatic nitrogens is 1. The summed E-state index contributed by atoms with van der Waals surface area (Å²) in [7, 11) is 0. The summed E-state index contributed by atoms with van der Waals surface area (Å²) in [5.41, 5.74) is 9.38. The van der Waals surface area contributed by atoms with Crippen molar-refractivity contribution in [2.24, 2.45) is 5.73 Å². The Balaban J connectivity index is 3.15. The second kappa shape index (κ2) is 5.78. The summed E-state index contributed by atoms with van der Waals surface area (Å²) in [5, 5.41) is 29.7. The van der Waals surface area contributed by atoms with E-state index in [2.05, 4.69) is 4.98 Å². The largest absolute Gasteiger partial charge is 0.390 e. The van der Waals surface area contributed by atoms with Gasteiger partial charge in [0.1, 0.15) is 11.3 Å². The maximum absolute atomic E-state index is 10.7. The Morgan fingerprint density at radius 3 is 2.63 bits per heavy atom. The third kappa shape index (κ3) is 3.50. The average molecular weight is 291 g/mol. The first-order valence-corrected chi connectivity index (χ1v) is 5.36. The lowest BCUT2D eigenvalue weighted by atomic mass is 10.0. The second-order valence-corrected chi connectivity index (χ2v) is 4.07. The number of halogens is 1. The summed E-state index contributed by atoms with van der Waals surface area (Å²) in [6.07, 6.45) is -3.73. The summed E-state index contributed by atoms with van der Waals surface area (Å²) in [4.78, 5) is 24.0. The topological polar surface area (TPSA) is 166 Å². The van der Waals surface area contributed by atoms with Crippen LogP contribution in [0.3, 0.4) is 0 Å². The molecule has 0 saturated carbocycles. The van der Waals surface area contributed by atoms with Crippen LogP contribution in [-0.4, -0.2) is 32.1 Å². The fourth-order valence-corrected chi connectivity index (χ4v) is 1.64. The zero-order valence-corrected chi connectivity index (χ0v) is 10.2. The lowest BCUT2D eigenvalue weighted by Gasteiger charge is -2.17. The number of rotatable bonds is 5. The van der Waals surface area contributed by atoms with Crippen LogP contribution in [0.2, 0.25) is 5.15 Å². The van der Waals surface area contributed by atoms with E-state index in [1.54, 1.807) is 0 Å². The van der Waals surface area contributed by atoms with Crippen molar-refractivity contribution < 1.29 is 19.9 Å². The lowest BCUT2D eigenvalue weighted by molar-refractivity contribution is -0.384. The van der Waals surface area contributed by atoms with Gasteiger partial charge in [0.2, 0.25) is 11.7 Å². The van der Waals surface area contributed by atoms with Gasteiger partial charge in [-0.15, -0.1) is 0 Å². The van der Waals surface area contributed by atoms with Crippen LogP contribution >= 0.6 is 11.6 Å². The number of primary amides is 1. The van der Waals surface area contributed by atoms with Gasteiger partial charge in [-0.25, -0.2) is 4.98 Å². The third-order valence-corrected chi connectivity index (χ3v) is 2.60. The molecular weight excluding hydrogens is 280 g/mol. The van der Waals surface area contributed by atoms with Gasteiger partial charge in [0.15, 0.2) is 0 Å². The fourth-order valence-electron chi connectivity index (χ4n) is 1.39. The summed E-state index contributed by atoms with van der Waals surface area (Å²) >= 11 is 5.68. The number of pyridine rings is 1. The molecule has 0 radical (unpaired) electrons. The van der Waals surface area contributed by atoms with Crippen molar-refractivity contribution in [3.8, 4) is 0 Å². The monoisotopic (exact) mass is 290 g/mol. The molecule has 1 heterocycles. The van der Waals surface area contributed by atoms with Crippen LogP contribution in [0, 0.1) is 10.1 Å². The van der Waals surface area contributed by atoms with Gasteiger partial charge in [0.05, 0.1) is 17.4 Å². The predicted octanol–water partition coefficient (Wildman–Crippen LogP) is -0.505. The zero-order valence-electron chi connectivity index (χ0n) is 9.49. The molecule has 0 spiro atoms. The van der Waals surface area contributed by atoms with Gasteiger partial charge in [-0.3, -0.25) is 14.9 Å². The number of nitrogens with zero attached hydrogens (tertiary/aromatic N) is 2. The van der Waals surface area contributed by atoms with E-state index in [1.807, 2.05) is 0 Å². The number of aliphatic hydroxyl groups excluding tert-OH is 2. The average Bonchev–Trinajstić information content (AvgIpc) is 2.26. The Bertz CT molecular complexity index is 524. The van der Waals surface area contributed by atoms with Crippen molar-refractivity contribution in [2.45, 2.75) is 18.6 Å². The highest BCUT2D eigenvalue weighted by atomic mass is 35.5. The lowest BCUT2D eigenvalue weighted by Crippen LogP contribution is -2.26. The van der Waals surface area contributed by atoms with Gasteiger partial charge in [-0.1, -0.05) is 11.6 Å². The molecule has 0 bridgehead atoms. The Hall–Kier alpha value is -1.97. The molecule has 0 aromatic carbocycles. The molecule has 0 aliphatic heterocycles. The van der Waals surface area contributed by atoms with E-state index in [-0.39, 0.29) is 10.7 Å². The highest BCUT2D eigenvalue weighted by Gasteiger charge is 2.27. The molecule has 0 aliphatic carbocycles. The molecule has 9 nitrogen and oxygen atoms in total. The molecule has 0 saturated heterocycles. The molecular formula is C9H11ClN4O5. The van der Waals surface area contributed by atoms with Crippen molar-refractivity contribution in [1.82, 2.24) is 4.98 Å². The van der Waals surface area contributed by atoms with Crippen molar-refractivity contribution in [3.05, 3.63) is 26.9 Å². The molecule has 0 aliphatic rings. The summed E-state index contributed by atoms with van der Waals surface area (Å²) in [6, 6.07) is 0.888. The van der Waals surface area contributed by atoms with Crippen LogP contribution in [0.15, 0.2) is 6.07 Å². The molecule has 10 heteroatoms. The van der Waals surface area contributed by atoms with Gasteiger partial charge in [-0.05, 0) is 0 Å². The van der Waals surface area contributed by atoms with Crippen molar-refractivity contribution in [2.75, 3.05) is 5.73 Å². The molecule has 6 N–H and O–H groups in total. The Morgan fingerprint density at radius 2 is 2.16 bits per heavy atom. The molecule has 2 atom stereocenters. The van der Waals surface area contributed by atoms with Gasteiger partial charge >= 0.3 is 5.69 Å². The number of nitrogen functional groups attached to an aromatic ring is 1. The molecule has 1 aromatic rings. The van der Waals surface area contributed by atoms with Crippen LogP contribution < -0.4 is 11.5 Å². The Morgan fingerprint density at radius 1 is 1.58 bits per heavy atom. The van der Waals surface area contributed by atoms with Crippen molar-refractivity contribution in [1.29, 1.82) is 0 Å². The van der Waals surface area contributed by atoms with E-state index < -0.39 is 41.0 Å². The number of hydrogen-bond donors (Lipinski definition) is 4. The van der Waals surface area contributed by atoms with Crippen LogP contribution in [0.1, 0.15) is 18.1 Å². The van der Waals surface area contributed by atoms with E-state index in [9.17, 15) is 25.1 Å². The quantitative estimate of drug-likeness (QED) is 0.322. The second-order valence-electron chi connectivity index (χ2n) is 3.71. The molecule has 19 heavy (non-hydrogen) atoms. The molecule has 0 fully saturated rings. The summed E-state index contributed by atoms with van der Waals surface area (Å²) < 4.78 is 0. The first kappa shape index (κ1) is 15.1.